The highest BCUT2D eigenvalue weighted by Crippen LogP contribution is 2.30. The van der Waals surface area contributed by atoms with Crippen LogP contribution in [-0.4, -0.2) is 37.2 Å². The van der Waals surface area contributed by atoms with Gasteiger partial charge in [0, 0.05) is 25.5 Å². The summed E-state index contributed by atoms with van der Waals surface area (Å²) in [5, 5.41) is 11.7. The highest BCUT2D eigenvalue weighted by molar-refractivity contribution is 5.83. The van der Waals surface area contributed by atoms with Gasteiger partial charge in [-0.1, -0.05) is 12.8 Å². The summed E-state index contributed by atoms with van der Waals surface area (Å²) in [6.45, 7) is 1.61. The number of carbonyl (C=O) groups excluding carboxylic acids is 1. The fourth-order valence-electron chi connectivity index (χ4n) is 3.81. The van der Waals surface area contributed by atoms with Crippen molar-refractivity contribution in [2.45, 2.75) is 51.0 Å². The molecule has 3 heterocycles. The Balaban J connectivity index is 1.51. The third-order valence-corrected chi connectivity index (χ3v) is 5.11. The smallest absolute Gasteiger partial charge is 0.230 e. The summed E-state index contributed by atoms with van der Waals surface area (Å²) in [5.74, 6) is 1.97. The predicted molar refractivity (Wildman–Crippen MR) is 88.0 cm³/mol. The molecule has 2 aliphatic rings. The van der Waals surface area contributed by atoms with E-state index in [-0.39, 0.29) is 11.8 Å². The van der Waals surface area contributed by atoms with Crippen molar-refractivity contribution in [2.75, 3.05) is 6.54 Å². The maximum atomic E-state index is 12.6. The molecule has 0 spiro atoms. The average Bonchev–Trinajstić information content (AvgIpc) is 3.29. The quantitative estimate of drug-likeness (QED) is 0.927. The summed E-state index contributed by atoms with van der Waals surface area (Å²) >= 11 is 0. The summed E-state index contributed by atoms with van der Waals surface area (Å²) < 4.78 is 2.02. The van der Waals surface area contributed by atoms with Gasteiger partial charge in [0.05, 0.1) is 12.1 Å². The Bertz CT molecular complexity index is 707. The molecule has 1 N–H and O–H groups in total. The van der Waals surface area contributed by atoms with Crippen LogP contribution < -0.4 is 5.32 Å². The van der Waals surface area contributed by atoms with Gasteiger partial charge in [0.25, 0.3) is 0 Å². The molecular formula is C17H22N6O. The molecule has 1 aliphatic carbocycles. The largest absolute Gasteiger partial charge is 0.355 e. The van der Waals surface area contributed by atoms with Gasteiger partial charge >= 0.3 is 0 Å². The van der Waals surface area contributed by atoms with Crippen LogP contribution in [0, 0.1) is 5.92 Å². The normalized spacial score (nSPS) is 20.8. The van der Waals surface area contributed by atoms with Crippen molar-refractivity contribution in [1.29, 1.82) is 0 Å². The molecule has 0 radical (unpaired) electrons. The van der Waals surface area contributed by atoms with E-state index in [1.807, 2.05) is 4.57 Å². The summed E-state index contributed by atoms with van der Waals surface area (Å²) in [6, 6.07) is 0. The van der Waals surface area contributed by atoms with Crippen LogP contribution in [0.1, 0.15) is 50.3 Å². The third kappa shape index (κ3) is 2.90. The molecule has 7 heteroatoms. The van der Waals surface area contributed by atoms with Crippen molar-refractivity contribution in [3.05, 3.63) is 24.4 Å². The minimum Gasteiger partial charge on any atom is -0.355 e. The van der Waals surface area contributed by atoms with Crippen LogP contribution in [-0.2, 0) is 11.3 Å². The molecule has 2 aromatic rings. The standard InChI is InChI=1S/C17H22N6O/c24-17(20-10-12-4-1-2-5-12)13-6-3-9-23-15(13)21-22-16(23)14-11-18-7-8-19-14/h7-8,11-13H,1-6,9-10H2,(H,20,24). The summed E-state index contributed by atoms with van der Waals surface area (Å²) in [4.78, 5) is 21.0. The number of fused-ring (bicyclic) bond motifs is 1. The highest BCUT2D eigenvalue weighted by atomic mass is 16.1. The van der Waals surface area contributed by atoms with Crippen molar-refractivity contribution in [1.82, 2.24) is 30.0 Å². The van der Waals surface area contributed by atoms with Crippen molar-refractivity contribution in [3.8, 4) is 11.5 Å². The van der Waals surface area contributed by atoms with E-state index in [9.17, 15) is 4.79 Å². The first kappa shape index (κ1) is 15.2. The molecule has 24 heavy (non-hydrogen) atoms. The summed E-state index contributed by atoms with van der Waals surface area (Å²) in [7, 11) is 0. The van der Waals surface area contributed by atoms with Crippen molar-refractivity contribution in [3.63, 3.8) is 0 Å². The number of aromatic nitrogens is 5. The van der Waals surface area contributed by atoms with E-state index in [1.54, 1.807) is 18.6 Å². The Morgan fingerprint density at radius 2 is 2.04 bits per heavy atom. The molecule has 4 rings (SSSR count). The Morgan fingerprint density at radius 3 is 2.83 bits per heavy atom. The third-order valence-electron chi connectivity index (χ3n) is 5.11. The van der Waals surface area contributed by atoms with E-state index >= 15 is 0 Å². The molecule has 1 aliphatic heterocycles. The Kier molecular flexibility index (Phi) is 4.23. The van der Waals surface area contributed by atoms with Crippen LogP contribution in [0.3, 0.4) is 0 Å². The van der Waals surface area contributed by atoms with Crippen molar-refractivity contribution in [2.24, 2.45) is 5.92 Å². The van der Waals surface area contributed by atoms with E-state index in [0.29, 0.717) is 17.4 Å². The predicted octanol–water partition coefficient (Wildman–Crippen LogP) is 1.92. The van der Waals surface area contributed by atoms with Gasteiger partial charge in [-0.2, -0.15) is 0 Å². The fourth-order valence-corrected chi connectivity index (χ4v) is 3.81. The number of nitrogens with zero attached hydrogens (tertiary/aromatic N) is 5. The maximum Gasteiger partial charge on any atom is 0.230 e. The fraction of sp³-hybridized carbons (Fsp3) is 0.588. The van der Waals surface area contributed by atoms with Gasteiger partial charge < -0.3 is 9.88 Å². The molecule has 0 bridgehead atoms. The van der Waals surface area contributed by atoms with Gasteiger partial charge in [-0.05, 0) is 31.6 Å². The second-order valence-corrected chi connectivity index (χ2v) is 6.71. The van der Waals surface area contributed by atoms with Crippen molar-refractivity contribution >= 4 is 5.91 Å². The van der Waals surface area contributed by atoms with Crippen molar-refractivity contribution < 1.29 is 4.79 Å². The molecule has 1 saturated carbocycles. The Labute approximate surface area is 140 Å². The van der Waals surface area contributed by atoms with E-state index in [1.165, 1.54) is 25.7 Å². The monoisotopic (exact) mass is 326 g/mol. The Morgan fingerprint density at radius 1 is 1.17 bits per heavy atom. The average molecular weight is 326 g/mol. The zero-order chi connectivity index (χ0) is 16.4. The van der Waals surface area contributed by atoms with Crippen LogP contribution in [0.4, 0.5) is 0 Å². The molecule has 1 fully saturated rings. The van der Waals surface area contributed by atoms with E-state index < -0.39 is 0 Å². The van der Waals surface area contributed by atoms with E-state index in [2.05, 4.69) is 25.5 Å². The highest BCUT2D eigenvalue weighted by Gasteiger charge is 2.31. The lowest BCUT2D eigenvalue weighted by Crippen LogP contribution is -2.35. The van der Waals surface area contributed by atoms with E-state index in [4.69, 9.17) is 0 Å². The summed E-state index contributed by atoms with van der Waals surface area (Å²) in [5.41, 5.74) is 0.697. The van der Waals surface area contributed by atoms with Gasteiger partial charge in [0.15, 0.2) is 5.82 Å². The molecule has 0 saturated heterocycles. The van der Waals surface area contributed by atoms with Crippen LogP contribution in [0.15, 0.2) is 18.6 Å². The van der Waals surface area contributed by atoms with Crippen LogP contribution in [0.25, 0.3) is 11.5 Å². The van der Waals surface area contributed by atoms with Gasteiger partial charge in [-0.3, -0.25) is 9.78 Å². The van der Waals surface area contributed by atoms with Crippen LogP contribution in [0.5, 0.6) is 0 Å². The molecule has 1 unspecified atom stereocenters. The van der Waals surface area contributed by atoms with Gasteiger partial charge in [-0.25, -0.2) is 4.98 Å². The number of hydrogen-bond acceptors (Lipinski definition) is 5. The van der Waals surface area contributed by atoms with Gasteiger partial charge in [0.1, 0.15) is 11.5 Å². The molecule has 126 valence electrons. The molecule has 2 aromatic heterocycles. The molecular weight excluding hydrogens is 304 g/mol. The van der Waals surface area contributed by atoms with Gasteiger partial charge in [0.2, 0.25) is 5.91 Å². The first-order valence-corrected chi connectivity index (χ1v) is 8.80. The lowest BCUT2D eigenvalue weighted by molar-refractivity contribution is -0.123. The number of rotatable bonds is 4. The lowest BCUT2D eigenvalue weighted by Gasteiger charge is -2.23. The van der Waals surface area contributed by atoms with Gasteiger partial charge in [-0.15, -0.1) is 10.2 Å². The first-order chi connectivity index (χ1) is 11.8. The minimum absolute atomic E-state index is 0.0842. The SMILES string of the molecule is O=C(NCC1CCCC1)C1CCCn2c(-c3cnccn3)nnc21. The molecule has 7 nitrogen and oxygen atoms in total. The second kappa shape index (κ2) is 6.67. The van der Waals surface area contributed by atoms with Crippen LogP contribution >= 0.6 is 0 Å². The topological polar surface area (TPSA) is 85.6 Å². The lowest BCUT2D eigenvalue weighted by atomic mass is 9.97. The first-order valence-electron chi connectivity index (χ1n) is 8.80. The zero-order valence-electron chi connectivity index (χ0n) is 13.7. The number of nitrogens with one attached hydrogen (secondary N) is 1. The van der Waals surface area contributed by atoms with E-state index in [0.717, 1.165) is 31.8 Å². The van der Waals surface area contributed by atoms with Crippen LogP contribution in [0.2, 0.25) is 0 Å². The maximum absolute atomic E-state index is 12.6. The summed E-state index contributed by atoms with van der Waals surface area (Å²) in [6.07, 6.45) is 11.8. The zero-order valence-corrected chi connectivity index (χ0v) is 13.7. The molecule has 1 atom stereocenters. The molecule has 1 amide bonds. The minimum atomic E-state index is -0.210. The second-order valence-electron chi connectivity index (χ2n) is 6.71. The number of amides is 1. The number of carbonyl (C=O) groups is 1. The number of hydrogen-bond donors (Lipinski definition) is 1. The molecule has 0 aromatic carbocycles. The Hall–Kier alpha value is -2.31.